The molecule has 0 aliphatic heterocycles. The zero-order valence-corrected chi connectivity index (χ0v) is 7.49. The molecule has 0 saturated heterocycles. The van der Waals surface area contributed by atoms with Crippen LogP contribution < -0.4 is 5.73 Å². The lowest BCUT2D eigenvalue weighted by Crippen LogP contribution is -2.55. The second-order valence-electron chi connectivity index (χ2n) is 4.19. The van der Waals surface area contributed by atoms with Gasteiger partial charge in [-0.3, -0.25) is 0 Å². The predicted octanol–water partition coefficient (Wildman–Crippen LogP) is 2.40. The van der Waals surface area contributed by atoms with E-state index in [-0.39, 0.29) is 0 Å². The van der Waals surface area contributed by atoms with Crippen LogP contribution in [0.15, 0.2) is 0 Å². The Morgan fingerprint density at radius 2 is 1.64 bits per heavy atom. The maximum atomic E-state index is 13.5. The summed E-state index contributed by atoms with van der Waals surface area (Å²) in [5, 5.41) is 0. The summed E-state index contributed by atoms with van der Waals surface area (Å²) >= 11 is 0. The molecule has 0 bridgehead atoms. The largest absolute Gasteiger partial charge is 0.322 e. The fourth-order valence-electron chi connectivity index (χ4n) is 1.78. The highest BCUT2D eigenvalue weighted by Crippen LogP contribution is 2.36. The van der Waals surface area contributed by atoms with Crippen LogP contribution in [0.2, 0.25) is 0 Å². The highest BCUT2D eigenvalue weighted by atomic mass is 19.1. The molecular formula is C9H18FN. The van der Waals surface area contributed by atoms with Gasteiger partial charge in [0, 0.05) is 5.54 Å². The zero-order valence-electron chi connectivity index (χ0n) is 7.49. The number of hydrogen-bond acceptors (Lipinski definition) is 1. The molecule has 1 aliphatic carbocycles. The SMILES string of the molecule is CC(C)(F)C1(N)CCCCC1. The topological polar surface area (TPSA) is 26.0 Å². The van der Waals surface area contributed by atoms with Gasteiger partial charge < -0.3 is 5.73 Å². The van der Waals surface area contributed by atoms with Crippen LogP contribution >= 0.6 is 0 Å². The van der Waals surface area contributed by atoms with Gasteiger partial charge in [0.15, 0.2) is 0 Å². The molecule has 66 valence electrons. The quantitative estimate of drug-likeness (QED) is 0.624. The van der Waals surface area contributed by atoms with Gasteiger partial charge in [0.25, 0.3) is 0 Å². The minimum absolute atomic E-state index is 0.550. The third kappa shape index (κ3) is 1.73. The maximum absolute atomic E-state index is 13.5. The molecule has 0 spiro atoms. The molecule has 1 aliphatic rings. The van der Waals surface area contributed by atoms with Crippen LogP contribution in [0.1, 0.15) is 46.0 Å². The third-order valence-corrected chi connectivity index (χ3v) is 2.93. The van der Waals surface area contributed by atoms with Crippen LogP contribution in [0.3, 0.4) is 0 Å². The van der Waals surface area contributed by atoms with E-state index in [0.29, 0.717) is 0 Å². The van der Waals surface area contributed by atoms with E-state index in [0.717, 1.165) is 25.7 Å². The number of halogens is 1. The fourth-order valence-corrected chi connectivity index (χ4v) is 1.78. The molecule has 2 N–H and O–H groups in total. The summed E-state index contributed by atoms with van der Waals surface area (Å²) in [6, 6.07) is 0. The molecule has 0 atom stereocenters. The molecule has 1 nitrogen and oxygen atoms in total. The lowest BCUT2D eigenvalue weighted by Gasteiger charge is -2.41. The smallest absolute Gasteiger partial charge is 0.123 e. The van der Waals surface area contributed by atoms with Crippen molar-refractivity contribution in [3.63, 3.8) is 0 Å². The van der Waals surface area contributed by atoms with E-state index in [1.54, 1.807) is 13.8 Å². The minimum atomic E-state index is -1.21. The molecule has 11 heavy (non-hydrogen) atoms. The van der Waals surface area contributed by atoms with Crippen LogP contribution in [0.4, 0.5) is 4.39 Å². The summed E-state index contributed by atoms with van der Waals surface area (Å²) in [6.45, 7) is 3.19. The van der Waals surface area contributed by atoms with E-state index in [1.165, 1.54) is 6.42 Å². The Kier molecular flexibility index (Phi) is 2.24. The standard InChI is InChI=1S/C9H18FN/c1-8(2,10)9(11)6-4-3-5-7-9/h3-7,11H2,1-2H3. The van der Waals surface area contributed by atoms with E-state index in [2.05, 4.69) is 0 Å². The Morgan fingerprint density at radius 3 is 1.91 bits per heavy atom. The summed E-state index contributed by atoms with van der Waals surface area (Å²) in [5.41, 5.74) is 4.20. The van der Waals surface area contributed by atoms with Crippen molar-refractivity contribution >= 4 is 0 Å². The van der Waals surface area contributed by atoms with Crippen LogP contribution in [-0.2, 0) is 0 Å². The lowest BCUT2D eigenvalue weighted by atomic mass is 9.73. The van der Waals surface area contributed by atoms with Crippen LogP contribution in [0.25, 0.3) is 0 Å². The van der Waals surface area contributed by atoms with Gasteiger partial charge in [0.2, 0.25) is 0 Å². The van der Waals surface area contributed by atoms with Gasteiger partial charge in [-0.25, -0.2) is 4.39 Å². The fraction of sp³-hybridized carbons (Fsp3) is 1.00. The second kappa shape index (κ2) is 2.74. The summed E-state index contributed by atoms with van der Waals surface area (Å²) in [4.78, 5) is 0. The molecule has 0 unspecified atom stereocenters. The zero-order chi connectivity index (χ0) is 8.54. The highest BCUT2D eigenvalue weighted by Gasteiger charge is 2.42. The summed E-state index contributed by atoms with van der Waals surface area (Å²) < 4.78 is 13.5. The van der Waals surface area contributed by atoms with Crippen molar-refractivity contribution in [2.24, 2.45) is 5.73 Å². The molecule has 1 rings (SSSR count). The molecule has 0 radical (unpaired) electrons. The number of rotatable bonds is 1. The van der Waals surface area contributed by atoms with Gasteiger partial charge >= 0.3 is 0 Å². The molecule has 0 aromatic rings. The van der Waals surface area contributed by atoms with Crippen LogP contribution in [0, 0.1) is 0 Å². The lowest BCUT2D eigenvalue weighted by molar-refractivity contribution is 0.0631. The average molecular weight is 159 g/mol. The molecule has 1 saturated carbocycles. The number of alkyl halides is 1. The van der Waals surface area contributed by atoms with Gasteiger partial charge in [0.05, 0.1) is 0 Å². The first kappa shape index (κ1) is 8.98. The average Bonchev–Trinajstić information content (AvgIpc) is 1.87. The Labute approximate surface area is 68.2 Å². The molecule has 0 aromatic carbocycles. The van der Waals surface area contributed by atoms with Crippen molar-refractivity contribution in [1.82, 2.24) is 0 Å². The predicted molar refractivity (Wildman–Crippen MR) is 45.2 cm³/mol. The monoisotopic (exact) mass is 159 g/mol. The minimum Gasteiger partial charge on any atom is -0.322 e. The van der Waals surface area contributed by atoms with Gasteiger partial charge in [-0.1, -0.05) is 19.3 Å². The molecule has 1 fully saturated rings. The summed E-state index contributed by atoms with van der Waals surface area (Å²) in [7, 11) is 0. The van der Waals surface area contributed by atoms with Gasteiger partial charge in [-0.2, -0.15) is 0 Å². The first-order valence-electron chi connectivity index (χ1n) is 4.43. The maximum Gasteiger partial charge on any atom is 0.123 e. The normalized spacial score (nSPS) is 25.1. The van der Waals surface area contributed by atoms with Crippen molar-refractivity contribution in [3.05, 3.63) is 0 Å². The van der Waals surface area contributed by atoms with Crippen molar-refractivity contribution in [1.29, 1.82) is 0 Å². The summed E-state index contributed by atoms with van der Waals surface area (Å²) in [6.07, 6.45) is 5.08. The number of hydrogen-bond donors (Lipinski definition) is 1. The van der Waals surface area contributed by atoms with E-state index in [1.807, 2.05) is 0 Å². The number of nitrogens with two attached hydrogens (primary N) is 1. The van der Waals surface area contributed by atoms with Gasteiger partial charge in [-0.05, 0) is 26.7 Å². The van der Waals surface area contributed by atoms with Gasteiger partial charge in [-0.15, -0.1) is 0 Å². The molecule has 0 heterocycles. The summed E-state index contributed by atoms with van der Waals surface area (Å²) in [5.74, 6) is 0. The van der Waals surface area contributed by atoms with E-state index < -0.39 is 11.2 Å². The highest BCUT2D eigenvalue weighted by molar-refractivity contribution is 5.00. The van der Waals surface area contributed by atoms with Crippen LogP contribution in [0.5, 0.6) is 0 Å². The van der Waals surface area contributed by atoms with Crippen LogP contribution in [-0.4, -0.2) is 11.2 Å². The van der Waals surface area contributed by atoms with E-state index in [9.17, 15) is 4.39 Å². The van der Waals surface area contributed by atoms with Crippen molar-refractivity contribution in [3.8, 4) is 0 Å². The second-order valence-corrected chi connectivity index (χ2v) is 4.19. The first-order chi connectivity index (χ1) is 4.96. The first-order valence-corrected chi connectivity index (χ1v) is 4.43. The Bertz CT molecular complexity index is 131. The van der Waals surface area contributed by atoms with E-state index >= 15 is 0 Å². The van der Waals surface area contributed by atoms with Crippen molar-refractivity contribution in [2.75, 3.05) is 0 Å². The van der Waals surface area contributed by atoms with Crippen molar-refractivity contribution < 1.29 is 4.39 Å². The third-order valence-electron chi connectivity index (χ3n) is 2.93. The molecule has 0 amide bonds. The molecular weight excluding hydrogens is 141 g/mol. The molecule has 0 aromatic heterocycles. The Morgan fingerprint density at radius 1 is 1.18 bits per heavy atom. The van der Waals surface area contributed by atoms with Gasteiger partial charge in [0.1, 0.15) is 5.67 Å². The van der Waals surface area contributed by atoms with Crippen molar-refractivity contribution in [2.45, 2.75) is 57.2 Å². The Hall–Kier alpha value is -0.110. The molecule has 2 heteroatoms. The Balaban J connectivity index is 2.64. The van der Waals surface area contributed by atoms with E-state index in [4.69, 9.17) is 5.73 Å².